The highest BCUT2D eigenvalue weighted by Crippen LogP contribution is 2.36. The fraction of sp³-hybridized carbons (Fsp3) is 0.278. The molecule has 0 saturated carbocycles. The van der Waals surface area contributed by atoms with Gasteiger partial charge in [-0.2, -0.15) is 0 Å². The average molecular weight is 369 g/mol. The van der Waals surface area contributed by atoms with Crippen molar-refractivity contribution < 1.29 is 9.53 Å². The maximum Gasteiger partial charge on any atom is 0.339 e. The molecule has 0 radical (unpaired) electrons. The van der Waals surface area contributed by atoms with E-state index in [1.807, 2.05) is 44.2 Å². The van der Waals surface area contributed by atoms with E-state index < -0.39 is 0 Å². The minimum atomic E-state index is -0.324. The molecule has 2 aromatic rings. The van der Waals surface area contributed by atoms with Gasteiger partial charge in [0.1, 0.15) is 0 Å². The molecule has 2 aromatic carbocycles. The fourth-order valence-electron chi connectivity index (χ4n) is 2.53. The fourth-order valence-corrected chi connectivity index (χ4v) is 3.95. The van der Waals surface area contributed by atoms with E-state index in [2.05, 4.69) is 0 Å². The molecule has 0 aliphatic rings. The van der Waals surface area contributed by atoms with Crippen LogP contribution in [0.5, 0.6) is 0 Å². The van der Waals surface area contributed by atoms with E-state index in [0.717, 1.165) is 32.9 Å². The molecule has 0 heterocycles. The SMILES string of the molecule is COC(=O)c1c(Sc2ccc(Cl)cc2)cc(C)c(CCCl)c1C. The molecule has 5 heteroatoms. The molecule has 0 unspecified atom stereocenters. The van der Waals surface area contributed by atoms with Crippen molar-refractivity contribution in [1.82, 2.24) is 0 Å². The van der Waals surface area contributed by atoms with E-state index in [1.165, 1.54) is 18.9 Å². The first kappa shape index (κ1) is 18.2. The highest BCUT2D eigenvalue weighted by atomic mass is 35.5. The summed E-state index contributed by atoms with van der Waals surface area (Å²) >= 11 is 13.4. The molecule has 0 aromatic heterocycles. The van der Waals surface area contributed by atoms with Crippen molar-refractivity contribution in [2.24, 2.45) is 0 Å². The van der Waals surface area contributed by atoms with Gasteiger partial charge in [0.25, 0.3) is 0 Å². The summed E-state index contributed by atoms with van der Waals surface area (Å²) in [6, 6.07) is 9.57. The van der Waals surface area contributed by atoms with Gasteiger partial charge in [-0.1, -0.05) is 23.4 Å². The van der Waals surface area contributed by atoms with Crippen LogP contribution in [0.4, 0.5) is 0 Å². The molecule has 2 nitrogen and oxygen atoms in total. The zero-order chi connectivity index (χ0) is 17.0. The number of methoxy groups -OCH3 is 1. The topological polar surface area (TPSA) is 26.3 Å². The molecule has 0 saturated heterocycles. The van der Waals surface area contributed by atoms with E-state index in [9.17, 15) is 4.79 Å². The van der Waals surface area contributed by atoms with Crippen LogP contribution in [0, 0.1) is 13.8 Å². The lowest BCUT2D eigenvalue weighted by atomic mass is 9.96. The summed E-state index contributed by atoms with van der Waals surface area (Å²) in [5.41, 5.74) is 3.79. The monoisotopic (exact) mass is 368 g/mol. The lowest BCUT2D eigenvalue weighted by molar-refractivity contribution is 0.0595. The van der Waals surface area contributed by atoms with Crippen molar-refractivity contribution in [3.8, 4) is 0 Å². The van der Waals surface area contributed by atoms with Gasteiger partial charge in [0.2, 0.25) is 0 Å². The van der Waals surface area contributed by atoms with E-state index >= 15 is 0 Å². The lowest BCUT2D eigenvalue weighted by Gasteiger charge is -2.17. The van der Waals surface area contributed by atoms with Crippen molar-refractivity contribution >= 4 is 40.9 Å². The highest BCUT2D eigenvalue weighted by Gasteiger charge is 2.20. The van der Waals surface area contributed by atoms with Crippen molar-refractivity contribution in [3.05, 3.63) is 57.6 Å². The van der Waals surface area contributed by atoms with Crippen LogP contribution in [0.1, 0.15) is 27.0 Å². The molecule has 23 heavy (non-hydrogen) atoms. The Bertz CT molecular complexity index is 712. The average Bonchev–Trinajstić information content (AvgIpc) is 2.53. The maximum atomic E-state index is 12.3. The summed E-state index contributed by atoms with van der Waals surface area (Å²) < 4.78 is 4.98. The minimum absolute atomic E-state index is 0.324. The number of hydrogen-bond acceptors (Lipinski definition) is 3. The molecular formula is C18H18Cl2O2S. The number of ether oxygens (including phenoxy) is 1. The molecule has 0 aliphatic carbocycles. The number of rotatable bonds is 5. The Kier molecular flexibility index (Phi) is 6.40. The van der Waals surface area contributed by atoms with E-state index in [-0.39, 0.29) is 5.97 Å². The Morgan fingerprint density at radius 2 is 1.87 bits per heavy atom. The third-order valence-electron chi connectivity index (χ3n) is 3.67. The quantitative estimate of drug-likeness (QED) is 0.501. The second-order valence-electron chi connectivity index (χ2n) is 5.16. The summed E-state index contributed by atoms with van der Waals surface area (Å²) in [5.74, 6) is 0.196. The summed E-state index contributed by atoms with van der Waals surface area (Å²) in [7, 11) is 1.40. The standard InChI is InChI=1S/C18H18Cl2O2S/c1-11-10-16(23-14-6-4-13(20)5-7-14)17(18(21)22-3)12(2)15(11)8-9-19/h4-7,10H,8-9H2,1-3H3. The molecular weight excluding hydrogens is 351 g/mol. The first-order valence-corrected chi connectivity index (χ1v) is 8.91. The first-order valence-electron chi connectivity index (χ1n) is 7.18. The highest BCUT2D eigenvalue weighted by molar-refractivity contribution is 7.99. The number of aryl methyl sites for hydroxylation is 1. The zero-order valence-corrected chi connectivity index (χ0v) is 15.6. The molecule has 2 rings (SSSR count). The van der Waals surface area contributed by atoms with Crippen molar-refractivity contribution in [1.29, 1.82) is 0 Å². The Morgan fingerprint density at radius 1 is 1.22 bits per heavy atom. The van der Waals surface area contributed by atoms with Crippen LogP contribution in [-0.2, 0) is 11.2 Å². The van der Waals surface area contributed by atoms with Gasteiger partial charge in [-0.05, 0) is 67.3 Å². The first-order chi connectivity index (χ1) is 11.0. The minimum Gasteiger partial charge on any atom is -0.465 e. The van der Waals surface area contributed by atoms with Gasteiger partial charge < -0.3 is 4.74 Å². The van der Waals surface area contributed by atoms with Crippen LogP contribution in [0.25, 0.3) is 0 Å². The van der Waals surface area contributed by atoms with Gasteiger partial charge in [0, 0.05) is 20.7 Å². The van der Waals surface area contributed by atoms with Crippen molar-refractivity contribution in [2.75, 3.05) is 13.0 Å². The van der Waals surface area contributed by atoms with Gasteiger partial charge in [0.05, 0.1) is 12.7 Å². The van der Waals surface area contributed by atoms with Crippen LogP contribution in [0.2, 0.25) is 5.02 Å². The van der Waals surface area contributed by atoms with Gasteiger partial charge >= 0.3 is 5.97 Å². The van der Waals surface area contributed by atoms with E-state index in [1.54, 1.807) is 0 Å². The summed E-state index contributed by atoms with van der Waals surface area (Å²) in [6.45, 7) is 3.99. The second kappa shape index (κ2) is 8.09. The number of benzene rings is 2. The van der Waals surface area contributed by atoms with Gasteiger partial charge in [-0.25, -0.2) is 4.79 Å². The van der Waals surface area contributed by atoms with Crippen LogP contribution < -0.4 is 0 Å². The van der Waals surface area contributed by atoms with Crippen LogP contribution in [-0.4, -0.2) is 19.0 Å². The molecule has 122 valence electrons. The zero-order valence-electron chi connectivity index (χ0n) is 13.3. The number of alkyl halides is 1. The molecule has 0 bridgehead atoms. The Morgan fingerprint density at radius 3 is 2.43 bits per heavy atom. The third-order valence-corrected chi connectivity index (χ3v) is 5.16. The predicted molar refractivity (Wildman–Crippen MR) is 97.3 cm³/mol. The predicted octanol–water partition coefficient (Wildman–Crippen LogP) is 5.68. The summed E-state index contributed by atoms with van der Waals surface area (Å²) in [6.07, 6.45) is 0.731. The van der Waals surface area contributed by atoms with Crippen LogP contribution in [0.3, 0.4) is 0 Å². The molecule has 0 spiro atoms. The molecule has 0 amide bonds. The number of hydrogen-bond donors (Lipinski definition) is 0. The molecule has 0 atom stereocenters. The lowest BCUT2D eigenvalue weighted by Crippen LogP contribution is -2.10. The summed E-state index contributed by atoms with van der Waals surface area (Å²) in [5, 5.41) is 0.687. The van der Waals surface area contributed by atoms with Crippen molar-refractivity contribution in [2.45, 2.75) is 30.1 Å². The largest absolute Gasteiger partial charge is 0.465 e. The molecule has 0 N–H and O–H groups in total. The third kappa shape index (κ3) is 4.23. The van der Waals surface area contributed by atoms with Crippen molar-refractivity contribution in [3.63, 3.8) is 0 Å². The Labute approximate surface area is 151 Å². The van der Waals surface area contributed by atoms with Crippen LogP contribution >= 0.6 is 35.0 Å². The smallest absolute Gasteiger partial charge is 0.339 e. The van der Waals surface area contributed by atoms with Gasteiger partial charge in [-0.15, -0.1) is 11.6 Å². The maximum absolute atomic E-state index is 12.3. The van der Waals surface area contributed by atoms with Gasteiger partial charge in [-0.3, -0.25) is 0 Å². The van der Waals surface area contributed by atoms with E-state index in [0.29, 0.717) is 16.5 Å². The number of carbonyl (C=O) groups is 1. The van der Waals surface area contributed by atoms with E-state index in [4.69, 9.17) is 27.9 Å². The number of esters is 1. The number of carbonyl (C=O) groups excluding carboxylic acids is 1. The number of halogens is 2. The van der Waals surface area contributed by atoms with Crippen LogP contribution in [0.15, 0.2) is 40.1 Å². The molecule has 0 fully saturated rings. The van der Waals surface area contributed by atoms with Gasteiger partial charge in [0.15, 0.2) is 0 Å². The summed E-state index contributed by atoms with van der Waals surface area (Å²) in [4.78, 5) is 14.2. The Hall–Kier alpha value is -1.16. The normalized spacial score (nSPS) is 10.7. The molecule has 0 aliphatic heterocycles. The second-order valence-corrected chi connectivity index (χ2v) is 7.09. The Balaban J connectivity index is 2.52.